The minimum absolute atomic E-state index is 0.598. The molecular weight excluding hydrogens is 176 g/mol. The van der Waals surface area contributed by atoms with Crippen LogP contribution in [0.25, 0.3) is 0 Å². The van der Waals surface area contributed by atoms with Gasteiger partial charge in [0.15, 0.2) is 0 Å². The van der Waals surface area contributed by atoms with Crippen molar-refractivity contribution in [3.8, 4) is 0 Å². The SMILES string of the molecule is CCCN(C)c1ncnc(N)c1CC. The van der Waals surface area contributed by atoms with Crippen molar-refractivity contribution in [2.45, 2.75) is 26.7 Å². The second-order valence-corrected chi connectivity index (χ2v) is 3.34. The van der Waals surface area contributed by atoms with Gasteiger partial charge in [0, 0.05) is 19.2 Å². The maximum Gasteiger partial charge on any atom is 0.137 e. The first-order chi connectivity index (χ1) is 6.70. The molecule has 0 fully saturated rings. The molecule has 0 radical (unpaired) electrons. The van der Waals surface area contributed by atoms with Gasteiger partial charge in [-0.2, -0.15) is 0 Å². The standard InChI is InChI=1S/C10H18N4/c1-4-6-14(3)10-8(5-2)9(11)12-7-13-10/h7H,4-6H2,1-3H3,(H2,11,12,13). The third-order valence-corrected chi connectivity index (χ3v) is 2.23. The highest BCUT2D eigenvalue weighted by Crippen LogP contribution is 2.20. The molecule has 0 saturated carbocycles. The fourth-order valence-corrected chi connectivity index (χ4v) is 1.53. The number of hydrogen-bond donors (Lipinski definition) is 1. The molecule has 78 valence electrons. The van der Waals surface area contributed by atoms with Crippen LogP contribution in [0.3, 0.4) is 0 Å². The smallest absolute Gasteiger partial charge is 0.137 e. The largest absolute Gasteiger partial charge is 0.383 e. The predicted molar refractivity (Wildman–Crippen MR) is 59.4 cm³/mol. The number of nitrogens with two attached hydrogens (primary N) is 1. The van der Waals surface area contributed by atoms with Crippen molar-refractivity contribution in [3.05, 3.63) is 11.9 Å². The van der Waals surface area contributed by atoms with E-state index in [0.717, 1.165) is 30.8 Å². The van der Waals surface area contributed by atoms with Gasteiger partial charge in [0.2, 0.25) is 0 Å². The van der Waals surface area contributed by atoms with Crippen molar-refractivity contribution in [1.82, 2.24) is 9.97 Å². The number of hydrogen-bond acceptors (Lipinski definition) is 4. The Bertz CT molecular complexity index is 298. The third kappa shape index (κ3) is 2.13. The van der Waals surface area contributed by atoms with Gasteiger partial charge >= 0.3 is 0 Å². The minimum Gasteiger partial charge on any atom is -0.383 e. The van der Waals surface area contributed by atoms with Crippen molar-refractivity contribution in [1.29, 1.82) is 0 Å². The van der Waals surface area contributed by atoms with E-state index >= 15 is 0 Å². The van der Waals surface area contributed by atoms with E-state index < -0.39 is 0 Å². The number of nitrogens with zero attached hydrogens (tertiary/aromatic N) is 3. The number of rotatable bonds is 4. The molecule has 0 spiro atoms. The third-order valence-electron chi connectivity index (χ3n) is 2.23. The molecule has 0 saturated heterocycles. The number of aromatic nitrogens is 2. The van der Waals surface area contributed by atoms with Crippen LogP contribution >= 0.6 is 0 Å². The highest BCUT2D eigenvalue weighted by atomic mass is 15.2. The van der Waals surface area contributed by atoms with Crippen LogP contribution in [-0.4, -0.2) is 23.6 Å². The van der Waals surface area contributed by atoms with Gasteiger partial charge in [-0.3, -0.25) is 0 Å². The zero-order valence-corrected chi connectivity index (χ0v) is 9.12. The van der Waals surface area contributed by atoms with Crippen LogP contribution in [-0.2, 0) is 6.42 Å². The first-order valence-corrected chi connectivity index (χ1v) is 5.01. The Morgan fingerprint density at radius 3 is 2.64 bits per heavy atom. The summed E-state index contributed by atoms with van der Waals surface area (Å²) in [6, 6.07) is 0. The molecule has 4 heteroatoms. The first kappa shape index (κ1) is 10.8. The normalized spacial score (nSPS) is 10.2. The lowest BCUT2D eigenvalue weighted by atomic mass is 10.2. The maximum absolute atomic E-state index is 5.79. The lowest BCUT2D eigenvalue weighted by Crippen LogP contribution is -2.21. The first-order valence-electron chi connectivity index (χ1n) is 5.01. The molecule has 1 aromatic rings. The highest BCUT2D eigenvalue weighted by Gasteiger charge is 2.10. The second-order valence-electron chi connectivity index (χ2n) is 3.34. The lowest BCUT2D eigenvalue weighted by molar-refractivity contribution is 0.825. The van der Waals surface area contributed by atoms with Gasteiger partial charge in [0.1, 0.15) is 18.0 Å². The molecular formula is C10H18N4. The van der Waals surface area contributed by atoms with Crippen molar-refractivity contribution in [2.24, 2.45) is 0 Å². The molecule has 14 heavy (non-hydrogen) atoms. The fraction of sp³-hybridized carbons (Fsp3) is 0.600. The van der Waals surface area contributed by atoms with Gasteiger partial charge in [0.25, 0.3) is 0 Å². The summed E-state index contributed by atoms with van der Waals surface area (Å²) in [5.74, 6) is 1.56. The predicted octanol–water partition coefficient (Wildman–Crippen LogP) is 1.47. The van der Waals surface area contributed by atoms with Crippen LogP contribution in [0.2, 0.25) is 0 Å². The van der Waals surface area contributed by atoms with Crippen LogP contribution in [0, 0.1) is 0 Å². The van der Waals surface area contributed by atoms with E-state index in [9.17, 15) is 0 Å². The molecule has 0 unspecified atom stereocenters. The molecule has 0 aromatic carbocycles. The zero-order valence-electron chi connectivity index (χ0n) is 9.12. The Morgan fingerprint density at radius 1 is 1.36 bits per heavy atom. The van der Waals surface area contributed by atoms with E-state index in [2.05, 4.69) is 28.7 Å². The lowest BCUT2D eigenvalue weighted by Gasteiger charge is -2.20. The van der Waals surface area contributed by atoms with E-state index in [4.69, 9.17) is 5.73 Å². The molecule has 0 amide bonds. The molecule has 1 rings (SSSR count). The van der Waals surface area contributed by atoms with Crippen LogP contribution < -0.4 is 10.6 Å². The summed E-state index contributed by atoms with van der Waals surface area (Å²) in [6.45, 7) is 5.20. The van der Waals surface area contributed by atoms with Crippen molar-refractivity contribution in [3.63, 3.8) is 0 Å². The molecule has 2 N–H and O–H groups in total. The van der Waals surface area contributed by atoms with Crippen LogP contribution in [0.15, 0.2) is 6.33 Å². The number of nitrogen functional groups attached to an aromatic ring is 1. The molecule has 4 nitrogen and oxygen atoms in total. The molecule has 0 aliphatic heterocycles. The van der Waals surface area contributed by atoms with E-state index in [1.54, 1.807) is 0 Å². The maximum atomic E-state index is 5.79. The molecule has 1 heterocycles. The van der Waals surface area contributed by atoms with Gasteiger partial charge in [-0.1, -0.05) is 13.8 Å². The molecule has 1 aromatic heterocycles. The van der Waals surface area contributed by atoms with E-state index in [1.807, 2.05) is 7.05 Å². The Morgan fingerprint density at radius 2 is 2.07 bits per heavy atom. The molecule has 0 aliphatic rings. The van der Waals surface area contributed by atoms with E-state index in [1.165, 1.54) is 6.33 Å². The summed E-state index contributed by atoms with van der Waals surface area (Å²) in [6.07, 6.45) is 3.50. The van der Waals surface area contributed by atoms with Gasteiger partial charge in [-0.15, -0.1) is 0 Å². The monoisotopic (exact) mass is 194 g/mol. The second kappa shape index (κ2) is 4.79. The highest BCUT2D eigenvalue weighted by molar-refractivity contribution is 5.56. The number of anilines is 2. The fourth-order valence-electron chi connectivity index (χ4n) is 1.53. The van der Waals surface area contributed by atoms with Crippen molar-refractivity contribution >= 4 is 11.6 Å². The van der Waals surface area contributed by atoms with Crippen LogP contribution in [0.1, 0.15) is 25.8 Å². The molecule has 0 bridgehead atoms. The summed E-state index contributed by atoms with van der Waals surface area (Å²) in [5, 5.41) is 0. The van der Waals surface area contributed by atoms with E-state index in [0.29, 0.717) is 5.82 Å². The quantitative estimate of drug-likeness (QED) is 0.788. The topological polar surface area (TPSA) is 55.0 Å². The van der Waals surface area contributed by atoms with Crippen LogP contribution in [0.5, 0.6) is 0 Å². The summed E-state index contributed by atoms with van der Waals surface area (Å²) < 4.78 is 0. The van der Waals surface area contributed by atoms with Crippen LogP contribution in [0.4, 0.5) is 11.6 Å². The van der Waals surface area contributed by atoms with Gasteiger partial charge < -0.3 is 10.6 Å². The Labute approximate surface area is 85.2 Å². The molecule has 0 aliphatic carbocycles. The van der Waals surface area contributed by atoms with Gasteiger partial charge in [0.05, 0.1) is 0 Å². The van der Waals surface area contributed by atoms with Gasteiger partial charge in [-0.25, -0.2) is 9.97 Å². The van der Waals surface area contributed by atoms with Gasteiger partial charge in [-0.05, 0) is 12.8 Å². The van der Waals surface area contributed by atoms with E-state index in [-0.39, 0.29) is 0 Å². The zero-order chi connectivity index (χ0) is 10.6. The molecule has 0 atom stereocenters. The summed E-state index contributed by atoms with van der Waals surface area (Å²) in [5.41, 5.74) is 6.83. The Kier molecular flexibility index (Phi) is 3.68. The average Bonchev–Trinajstić information content (AvgIpc) is 2.17. The summed E-state index contributed by atoms with van der Waals surface area (Å²) in [4.78, 5) is 10.4. The summed E-state index contributed by atoms with van der Waals surface area (Å²) >= 11 is 0. The van der Waals surface area contributed by atoms with Crippen molar-refractivity contribution in [2.75, 3.05) is 24.2 Å². The van der Waals surface area contributed by atoms with Crippen molar-refractivity contribution < 1.29 is 0 Å². The average molecular weight is 194 g/mol. The summed E-state index contributed by atoms with van der Waals surface area (Å²) in [7, 11) is 2.03. The minimum atomic E-state index is 0.598. The Balaban J connectivity index is 3.00. The Hall–Kier alpha value is -1.32.